The van der Waals surface area contributed by atoms with Crippen molar-refractivity contribution in [3.8, 4) is 5.75 Å². The first-order valence-corrected chi connectivity index (χ1v) is 7.45. The lowest BCUT2D eigenvalue weighted by molar-refractivity contribution is -0.0499. The largest absolute Gasteiger partial charge is 0.431 e. The Morgan fingerprint density at radius 2 is 2.25 bits per heavy atom. The fraction of sp³-hybridized carbons (Fsp3) is 0.538. The normalized spacial score (nSPS) is 22.9. The van der Waals surface area contributed by atoms with Gasteiger partial charge >= 0.3 is 6.61 Å². The molecule has 1 aliphatic rings. The van der Waals surface area contributed by atoms with E-state index in [0.717, 1.165) is 12.8 Å². The maximum Gasteiger partial charge on any atom is 0.387 e. The van der Waals surface area contributed by atoms with E-state index in [1.807, 2.05) is 6.92 Å². The number of ether oxygens (including phenoxy) is 2. The Bertz CT molecular complexity index is 476. The molecule has 3 nitrogen and oxygen atoms in total. The van der Waals surface area contributed by atoms with Gasteiger partial charge in [-0.15, -0.1) is 0 Å². The van der Waals surface area contributed by atoms with Crippen LogP contribution in [0.25, 0.3) is 0 Å². The number of benzene rings is 1. The average molecular weight is 371 g/mol. The van der Waals surface area contributed by atoms with E-state index in [-0.39, 0.29) is 17.9 Å². The fourth-order valence-corrected chi connectivity index (χ4v) is 3.13. The molecule has 0 spiro atoms. The summed E-state index contributed by atoms with van der Waals surface area (Å²) in [5, 5.41) is 3.66. The highest BCUT2D eigenvalue weighted by Crippen LogP contribution is 2.38. The van der Waals surface area contributed by atoms with Gasteiger partial charge in [0.2, 0.25) is 0 Å². The first-order chi connectivity index (χ1) is 9.45. The minimum absolute atomic E-state index is 0.0727. The third-order valence-electron chi connectivity index (χ3n) is 3.06. The second kappa shape index (κ2) is 6.91. The molecule has 1 heterocycles. The third kappa shape index (κ3) is 4.20. The molecule has 0 aliphatic carbocycles. The highest BCUT2D eigenvalue weighted by atomic mass is 79.9. The van der Waals surface area contributed by atoms with Gasteiger partial charge in [0.05, 0.1) is 16.3 Å². The summed E-state index contributed by atoms with van der Waals surface area (Å²) in [7, 11) is 0. The lowest BCUT2D eigenvalue weighted by Crippen LogP contribution is -2.32. The molecule has 0 bridgehead atoms. The van der Waals surface area contributed by atoms with E-state index >= 15 is 0 Å². The molecule has 2 unspecified atom stereocenters. The molecule has 7 heteroatoms. The van der Waals surface area contributed by atoms with Crippen LogP contribution in [0.2, 0.25) is 5.02 Å². The third-order valence-corrected chi connectivity index (χ3v) is 3.87. The summed E-state index contributed by atoms with van der Waals surface area (Å²) in [6.07, 6.45) is 1.75. The highest BCUT2D eigenvalue weighted by molar-refractivity contribution is 9.10. The predicted octanol–water partition coefficient (Wildman–Crippen LogP) is 4.68. The predicted molar refractivity (Wildman–Crippen MR) is 77.8 cm³/mol. The topological polar surface area (TPSA) is 30.5 Å². The Kier molecular flexibility index (Phi) is 5.46. The van der Waals surface area contributed by atoms with Crippen molar-refractivity contribution in [1.82, 2.24) is 0 Å². The molecule has 2 atom stereocenters. The fourth-order valence-electron chi connectivity index (χ4n) is 2.23. The number of halogens is 4. The lowest BCUT2D eigenvalue weighted by Gasteiger charge is -2.29. The van der Waals surface area contributed by atoms with Crippen LogP contribution in [0.3, 0.4) is 0 Å². The van der Waals surface area contributed by atoms with Gasteiger partial charge in [0.1, 0.15) is 0 Å². The van der Waals surface area contributed by atoms with E-state index in [4.69, 9.17) is 16.3 Å². The van der Waals surface area contributed by atoms with Crippen molar-refractivity contribution in [2.75, 3.05) is 11.9 Å². The number of hydrogen-bond donors (Lipinski definition) is 1. The van der Waals surface area contributed by atoms with Gasteiger partial charge < -0.3 is 14.8 Å². The molecule has 1 aromatic carbocycles. The molecular weight excluding hydrogens is 356 g/mol. The summed E-state index contributed by atoms with van der Waals surface area (Å²) in [4.78, 5) is 0. The van der Waals surface area contributed by atoms with Crippen LogP contribution in [0.4, 0.5) is 14.5 Å². The van der Waals surface area contributed by atoms with E-state index in [2.05, 4.69) is 26.0 Å². The summed E-state index contributed by atoms with van der Waals surface area (Å²) in [5.74, 6) is 0.0727. The molecule has 1 N–H and O–H groups in total. The van der Waals surface area contributed by atoms with Crippen LogP contribution in [0.15, 0.2) is 16.6 Å². The van der Waals surface area contributed by atoms with Crippen LogP contribution in [0.1, 0.15) is 19.8 Å². The zero-order valence-electron chi connectivity index (χ0n) is 10.8. The second-order valence-electron chi connectivity index (χ2n) is 4.69. The molecule has 1 aliphatic heterocycles. The Hall–Kier alpha value is -0.590. The van der Waals surface area contributed by atoms with Gasteiger partial charge in [-0.25, -0.2) is 0 Å². The van der Waals surface area contributed by atoms with E-state index in [1.165, 1.54) is 6.07 Å². The van der Waals surface area contributed by atoms with E-state index < -0.39 is 6.61 Å². The zero-order chi connectivity index (χ0) is 14.7. The maximum absolute atomic E-state index is 12.5. The zero-order valence-corrected chi connectivity index (χ0v) is 13.2. The number of nitrogens with one attached hydrogen (secondary N) is 1. The SMILES string of the molecule is CC1CC(Nc2cc(Cl)cc(Br)c2OC(F)F)CCO1. The smallest absolute Gasteiger partial charge is 0.387 e. The molecule has 0 aromatic heterocycles. The molecule has 112 valence electrons. The van der Waals surface area contributed by atoms with Crippen molar-refractivity contribution >= 4 is 33.2 Å². The number of alkyl halides is 2. The van der Waals surface area contributed by atoms with Gasteiger partial charge in [0, 0.05) is 17.7 Å². The molecule has 1 aromatic rings. The van der Waals surface area contributed by atoms with Crippen molar-refractivity contribution in [2.24, 2.45) is 0 Å². The Labute approximate surface area is 129 Å². The molecule has 2 rings (SSSR count). The molecule has 0 saturated carbocycles. The first-order valence-electron chi connectivity index (χ1n) is 6.27. The molecule has 20 heavy (non-hydrogen) atoms. The summed E-state index contributed by atoms with van der Waals surface area (Å²) in [6.45, 7) is -0.258. The van der Waals surface area contributed by atoms with Crippen molar-refractivity contribution in [2.45, 2.75) is 38.5 Å². The summed E-state index contributed by atoms with van der Waals surface area (Å²) < 4.78 is 35.4. The molecular formula is C13H15BrClF2NO2. The van der Waals surface area contributed by atoms with Crippen LogP contribution < -0.4 is 10.1 Å². The van der Waals surface area contributed by atoms with Crippen LogP contribution in [-0.2, 0) is 4.74 Å². The molecule has 0 amide bonds. The summed E-state index contributed by atoms with van der Waals surface area (Å²) >= 11 is 9.16. The van der Waals surface area contributed by atoms with Crippen LogP contribution >= 0.6 is 27.5 Å². The van der Waals surface area contributed by atoms with Gasteiger partial charge in [-0.05, 0) is 47.8 Å². The lowest BCUT2D eigenvalue weighted by atomic mass is 10.0. The second-order valence-corrected chi connectivity index (χ2v) is 5.98. The van der Waals surface area contributed by atoms with E-state index in [0.29, 0.717) is 21.8 Å². The van der Waals surface area contributed by atoms with E-state index in [9.17, 15) is 8.78 Å². The van der Waals surface area contributed by atoms with Crippen LogP contribution in [0.5, 0.6) is 5.75 Å². The minimum atomic E-state index is -2.89. The molecule has 1 saturated heterocycles. The van der Waals surface area contributed by atoms with Crippen LogP contribution in [-0.4, -0.2) is 25.4 Å². The summed E-state index contributed by atoms with van der Waals surface area (Å²) in [5.41, 5.74) is 0.462. The summed E-state index contributed by atoms with van der Waals surface area (Å²) in [6, 6.07) is 3.26. The van der Waals surface area contributed by atoms with E-state index in [1.54, 1.807) is 6.07 Å². The van der Waals surface area contributed by atoms with Gasteiger partial charge in [0.15, 0.2) is 5.75 Å². The number of anilines is 1. The van der Waals surface area contributed by atoms with Crippen LogP contribution in [0, 0.1) is 0 Å². The standard InChI is InChI=1S/C13H15BrClF2NO2/c1-7-4-9(2-3-19-7)18-11-6-8(15)5-10(14)12(11)20-13(16)17/h5-7,9,13,18H,2-4H2,1H3. The van der Waals surface area contributed by atoms with Crippen molar-refractivity contribution in [1.29, 1.82) is 0 Å². The number of hydrogen-bond acceptors (Lipinski definition) is 3. The highest BCUT2D eigenvalue weighted by Gasteiger charge is 2.22. The Morgan fingerprint density at radius 1 is 1.50 bits per heavy atom. The Balaban J connectivity index is 2.20. The van der Waals surface area contributed by atoms with Gasteiger partial charge in [-0.2, -0.15) is 8.78 Å². The maximum atomic E-state index is 12.5. The molecule has 0 radical (unpaired) electrons. The quantitative estimate of drug-likeness (QED) is 0.834. The first kappa shape index (κ1) is 15.8. The van der Waals surface area contributed by atoms with Gasteiger partial charge in [-0.1, -0.05) is 11.6 Å². The van der Waals surface area contributed by atoms with Crippen molar-refractivity contribution in [3.63, 3.8) is 0 Å². The monoisotopic (exact) mass is 369 g/mol. The van der Waals surface area contributed by atoms with Gasteiger partial charge in [-0.3, -0.25) is 0 Å². The average Bonchev–Trinajstić information content (AvgIpc) is 2.33. The van der Waals surface area contributed by atoms with Gasteiger partial charge in [0.25, 0.3) is 0 Å². The number of rotatable bonds is 4. The molecule has 1 fully saturated rings. The minimum Gasteiger partial charge on any atom is -0.431 e. The van der Waals surface area contributed by atoms with Crippen molar-refractivity contribution in [3.05, 3.63) is 21.6 Å². The Morgan fingerprint density at radius 3 is 2.90 bits per heavy atom. The van der Waals surface area contributed by atoms with Crippen molar-refractivity contribution < 1.29 is 18.3 Å².